The van der Waals surface area contributed by atoms with Gasteiger partial charge in [0.1, 0.15) is 0 Å². The summed E-state index contributed by atoms with van der Waals surface area (Å²) in [5.41, 5.74) is 4.46. The summed E-state index contributed by atoms with van der Waals surface area (Å²) in [4.78, 5) is 0. The Bertz CT molecular complexity index is 383. The molecule has 0 amide bonds. The molecule has 0 spiro atoms. The third-order valence-corrected chi connectivity index (χ3v) is 4.77. The minimum absolute atomic E-state index is 0.217. The van der Waals surface area contributed by atoms with Gasteiger partial charge in [0.05, 0.1) is 5.38 Å². The first kappa shape index (κ1) is 14.9. The SMILES string of the molecule is CCCCCCCC(Cl)c1ccc2c(c1)CCCC2. The van der Waals surface area contributed by atoms with Crippen LogP contribution in [-0.2, 0) is 12.8 Å². The molecule has 0 saturated carbocycles. The lowest BCUT2D eigenvalue weighted by molar-refractivity contribution is 0.600. The van der Waals surface area contributed by atoms with Gasteiger partial charge in [-0.1, -0.05) is 57.2 Å². The summed E-state index contributed by atoms with van der Waals surface area (Å²) in [5, 5.41) is 0.217. The maximum atomic E-state index is 6.56. The number of hydrogen-bond acceptors (Lipinski definition) is 0. The molecule has 2 rings (SSSR count). The van der Waals surface area contributed by atoms with Gasteiger partial charge in [-0.3, -0.25) is 0 Å². The molecule has 1 aliphatic carbocycles. The zero-order chi connectivity index (χ0) is 13.5. The van der Waals surface area contributed by atoms with Crippen LogP contribution in [0.2, 0.25) is 0 Å². The second-order valence-corrected chi connectivity index (χ2v) is 6.43. The van der Waals surface area contributed by atoms with Crippen molar-refractivity contribution in [2.45, 2.75) is 76.5 Å². The number of aryl methyl sites for hydroxylation is 2. The molecule has 0 aromatic heterocycles. The van der Waals surface area contributed by atoms with Gasteiger partial charge in [-0.2, -0.15) is 0 Å². The predicted molar refractivity (Wildman–Crippen MR) is 85.1 cm³/mol. The highest BCUT2D eigenvalue weighted by molar-refractivity contribution is 6.20. The van der Waals surface area contributed by atoms with Crippen LogP contribution in [0.1, 0.15) is 80.4 Å². The van der Waals surface area contributed by atoms with Crippen LogP contribution in [-0.4, -0.2) is 0 Å². The fourth-order valence-corrected chi connectivity index (χ4v) is 3.33. The van der Waals surface area contributed by atoms with Crippen LogP contribution in [0.4, 0.5) is 0 Å². The molecule has 1 atom stereocenters. The van der Waals surface area contributed by atoms with Crippen LogP contribution in [0.3, 0.4) is 0 Å². The van der Waals surface area contributed by atoms with E-state index in [9.17, 15) is 0 Å². The number of halogens is 1. The van der Waals surface area contributed by atoms with E-state index >= 15 is 0 Å². The molecule has 0 saturated heterocycles. The van der Waals surface area contributed by atoms with Crippen molar-refractivity contribution in [1.82, 2.24) is 0 Å². The van der Waals surface area contributed by atoms with Crippen LogP contribution < -0.4 is 0 Å². The van der Waals surface area contributed by atoms with Crippen molar-refractivity contribution < 1.29 is 0 Å². The number of benzene rings is 1. The number of alkyl halides is 1. The number of fused-ring (bicyclic) bond motifs is 1. The van der Waals surface area contributed by atoms with E-state index < -0.39 is 0 Å². The average Bonchev–Trinajstić information content (AvgIpc) is 2.46. The molecule has 1 heteroatoms. The minimum Gasteiger partial charge on any atom is -0.118 e. The molecule has 19 heavy (non-hydrogen) atoms. The fourth-order valence-electron chi connectivity index (χ4n) is 3.04. The third-order valence-electron chi connectivity index (χ3n) is 4.30. The summed E-state index contributed by atoms with van der Waals surface area (Å²) in [5.74, 6) is 0. The molecular weight excluding hydrogens is 252 g/mol. The molecule has 1 aromatic rings. The molecule has 0 aliphatic heterocycles. The summed E-state index contributed by atoms with van der Waals surface area (Å²) in [7, 11) is 0. The summed E-state index contributed by atoms with van der Waals surface area (Å²) < 4.78 is 0. The van der Waals surface area contributed by atoms with Crippen LogP contribution in [0.5, 0.6) is 0 Å². The van der Waals surface area contributed by atoms with Crippen molar-refractivity contribution in [1.29, 1.82) is 0 Å². The lowest BCUT2D eigenvalue weighted by Crippen LogP contribution is -2.04. The van der Waals surface area contributed by atoms with Crippen molar-refractivity contribution in [2.24, 2.45) is 0 Å². The molecule has 0 N–H and O–H groups in total. The quantitative estimate of drug-likeness (QED) is 0.411. The van der Waals surface area contributed by atoms with Gasteiger partial charge in [-0.25, -0.2) is 0 Å². The second kappa shape index (κ2) is 7.94. The Kier molecular flexibility index (Phi) is 6.23. The summed E-state index contributed by atoms with van der Waals surface area (Å²) >= 11 is 6.56. The first-order valence-electron chi connectivity index (χ1n) is 8.07. The highest BCUT2D eigenvalue weighted by Gasteiger charge is 2.13. The Balaban J connectivity index is 1.83. The van der Waals surface area contributed by atoms with Gasteiger partial charge < -0.3 is 0 Å². The number of hydrogen-bond donors (Lipinski definition) is 0. The molecule has 0 fully saturated rings. The van der Waals surface area contributed by atoms with Crippen LogP contribution >= 0.6 is 11.6 Å². The molecule has 1 aliphatic rings. The van der Waals surface area contributed by atoms with E-state index in [-0.39, 0.29) is 5.38 Å². The number of rotatable bonds is 7. The van der Waals surface area contributed by atoms with Gasteiger partial charge in [0.15, 0.2) is 0 Å². The third kappa shape index (κ3) is 4.53. The van der Waals surface area contributed by atoms with Crippen molar-refractivity contribution in [3.05, 3.63) is 34.9 Å². The molecule has 1 aromatic carbocycles. The monoisotopic (exact) mass is 278 g/mol. The van der Waals surface area contributed by atoms with E-state index in [1.807, 2.05) is 0 Å². The molecular formula is C18H27Cl. The first-order valence-corrected chi connectivity index (χ1v) is 8.50. The van der Waals surface area contributed by atoms with E-state index in [2.05, 4.69) is 25.1 Å². The molecule has 0 bridgehead atoms. The van der Waals surface area contributed by atoms with E-state index in [4.69, 9.17) is 11.6 Å². The summed E-state index contributed by atoms with van der Waals surface area (Å²) in [6.07, 6.45) is 13.0. The van der Waals surface area contributed by atoms with E-state index in [1.54, 1.807) is 11.1 Å². The van der Waals surface area contributed by atoms with Gasteiger partial charge in [0, 0.05) is 0 Å². The Morgan fingerprint density at radius 3 is 2.53 bits per heavy atom. The lowest BCUT2D eigenvalue weighted by atomic mass is 9.89. The summed E-state index contributed by atoms with van der Waals surface area (Å²) in [6, 6.07) is 6.95. The fraction of sp³-hybridized carbons (Fsp3) is 0.667. The standard InChI is InChI=1S/C18H27Cl/c1-2-3-4-5-6-11-18(19)17-13-12-15-9-7-8-10-16(15)14-17/h12-14,18H,2-11H2,1H3. The van der Waals surface area contributed by atoms with Crippen molar-refractivity contribution in [3.63, 3.8) is 0 Å². The highest BCUT2D eigenvalue weighted by atomic mass is 35.5. The van der Waals surface area contributed by atoms with Crippen molar-refractivity contribution in [2.75, 3.05) is 0 Å². The molecule has 0 heterocycles. The molecule has 0 nitrogen and oxygen atoms in total. The van der Waals surface area contributed by atoms with Gasteiger partial charge in [-0.15, -0.1) is 11.6 Å². The van der Waals surface area contributed by atoms with Crippen LogP contribution in [0, 0.1) is 0 Å². The second-order valence-electron chi connectivity index (χ2n) is 5.91. The van der Waals surface area contributed by atoms with E-state index in [1.165, 1.54) is 63.4 Å². The van der Waals surface area contributed by atoms with Crippen molar-refractivity contribution in [3.8, 4) is 0 Å². The molecule has 106 valence electrons. The smallest absolute Gasteiger partial charge is 0.0585 e. The summed E-state index contributed by atoms with van der Waals surface area (Å²) in [6.45, 7) is 2.26. The van der Waals surface area contributed by atoms with Gasteiger partial charge in [-0.05, 0) is 48.8 Å². The maximum Gasteiger partial charge on any atom is 0.0585 e. The number of unbranched alkanes of at least 4 members (excludes halogenated alkanes) is 4. The average molecular weight is 279 g/mol. The highest BCUT2D eigenvalue weighted by Crippen LogP contribution is 2.30. The van der Waals surface area contributed by atoms with E-state index in [0.29, 0.717) is 0 Å². The normalized spacial score (nSPS) is 16.1. The Hall–Kier alpha value is -0.490. The van der Waals surface area contributed by atoms with E-state index in [0.717, 1.165) is 6.42 Å². The predicted octanol–water partition coefficient (Wildman–Crippen LogP) is 6.21. The zero-order valence-electron chi connectivity index (χ0n) is 12.3. The Labute approximate surface area is 123 Å². The van der Waals surface area contributed by atoms with Gasteiger partial charge >= 0.3 is 0 Å². The largest absolute Gasteiger partial charge is 0.118 e. The molecule has 0 radical (unpaired) electrons. The van der Waals surface area contributed by atoms with Gasteiger partial charge in [0.2, 0.25) is 0 Å². The zero-order valence-corrected chi connectivity index (χ0v) is 13.0. The first-order chi connectivity index (χ1) is 9.31. The Morgan fingerprint density at radius 1 is 1.00 bits per heavy atom. The minimum atomic E-state index is 0.217. The Morgan fingerprint density at radius 2 is 1.74 bits per heavy atom. The van der Waals surface area contributed by atoms with Gasteiger partial charge in [0.25, 0.3) is 0 Å². The molecule has 1 unspecified atom stereocenters. The lowest BCUT2D eigenvalue weighted by Gasteiger charge is -2.18. The van der Waals surface area contributed by atoms with Crippen molar-refractivity contribution >= 4 is 11.6 Å². The topological polar surface area (TPSA) is 0 Å². The van der Waals surface area contributed by atoms with Crippen LogP contribution in [0.25, 0.3) is 0 Å². The maximum absolute atomic E-state index is 6.56. The van der Waals surface area contributed by atoms with Crippen LogP contribution in [0.15, 0.2) is 18.2 Å².